The molecule has 0 bridgehead atoms. The molecular formula is C28H30N2O3S. The summed E-state index contributed by atoms with van der Waals surface area (Å²) in [4.78, 5) is 27.4. The van der Waals surface area contributed by atoms with E-state index in [2.05, 4.69) is 64.8 Å². The van der Waals surface area contributed by atoms with E-state index in [-0.39, 0.29) is 12.1 Å². The molecule has 5 nitrogen and oxygen atoms in total. The summed E-state index contributed by atoms with van der Waals surface area (Å²) >= 11 is 1.72. The number of rotatable bonds is 8. The van der Waals surface area contributed by atoms with E-state index in [1.54, 1.807) is 22.7 Å². The predicted octanol–water partition coefficient (Wildman–Crippen LogP) is 6.39. The van der Waals surface area contributed by atoms with E-state index in [0.29, 0.717) is 6.54 Å². The highest BCUT2D eigenvalue weighted by Crippen LogP contribution is 2.25. The maximum atomic E-state index is 13.1. The highest BCUT2D eigenvalue weighted by molar-refractivity contribution is 7.98. The molecule has 0 atom stereocenters. The van der Waals surface area contributed by atoms with Crippen LogP contribution in [0.25, 0.3) is 17.2 Å². The fraction of sp³-hybridized carbons (Fsp3) is 0.214. The molecule has 0 spiro atoms. The lowest BCUT2D eigenvalue weighted by atomic mass is 10.0. The third-order valence-electron chi connectivity index (χ3n) is 5.17. The van der Waals surface area contributed by atoms with Gasteiger partial charge in [0.05, 0.1) is 13.7 Å². The van der Waals surface area contributed by atoms with Gasteiger partial charge in [-0.1, -0.05) is 48.5 Å². The number of nitrogens with zero attached hydrogens (tertiary/aromatic N) is 1. The number of anilines is 1. The van der Waals surface area contributed by atoms with Gasteiger partial charge in [-0.25, -0.2) is 9.59 Å². The molecule has 0 fully saturated rings. The predicted molar refractivity (Wildman–Crippen MR) is 141 cm³/mol. The fourth-order valence-corrected chi connectivity index (χ4v) is 3.81. The molecule has 1 N–H and O–H groups in total. The minimum absolute atomic E-state index is 0.00374. The summed E-state index contributed by atoms with van der Waals surface area (Å²) in [6.45, 7) is 4.28. The van der Waals surface area contributed by atoms with Crippen molar-refractivity contribution in [2.45, 2.75) is 31.3 Å². The van der Waals surface area contributed by atoms with Crippen molar-refractivity contribution in [3.05, 3.63) is 90.0 Å². The Hall–Kier alpha value is -3.51. The van der Waals surface area contributed by atoms with E-state index in [9.17, 15) is 9.59 Å². The largest absolute Gasteiger partial charge is 0.466 e. The number of amides is 2. The molecule has 34 heavy (non-hydrogen) atoms. The molecule has 3 rings (SSSR count). The van der Waals surface area contributed by atoms with Crippen molar-refractivity contribution in [1.29, 1.82) is 0 Å². The van der Waals surface area contributed by atoms with Crippen LogP contribution in [0.1, 0.15) is 25.0 Å². The lowest BCUT2D eigenvalue weighted by molar-refractivity contribution is -0.134. The molecule has 0 aliphatic rings. The molecule has 0 aromatic heterocycles. The summed E-state index contributed by atoms with van der Waals surface area (Å²) in [5, 5.41) is 2.98. The van der Waals surface area contributed by atoms with Gasteiger partial charge >= 0.3 is 12.0 Å². The molecule has 3 aromatic rings. The fourth-order valence-electron chi connectivity index (χ4n) is 3.40. The Morgan fingerprint density at radius 2 is 1.65 bits per heavy atom. The van der Waals surface area contributed by atoms with Crippen molar-refractivity contribution >= 4 is 35.5 Å². The molecule has 0 unspecified atom stereocenters. The van der Waals surface area contributed by atoms with Gasteiger partial charge in [-0.15, -0.1) is 11.8 Å². The maximum absolute atomic E-state index is 13.1. The topological polar surface area (TPSA) is 58.6 Å². The molecule has 0 saturated carbocycles. The normalized spacial score (nSPS) is 11.0. The average Bonchev–Trinajstić information content (AvgIpc) is 2.86. The molecule has 0 heterocycles. The van der Waals surface area contributed by atoms with Crippen LogP contribution < -0.4 is 10.2 Å². The number of urea groups is 1. The molecule has 0 saturated heterocycles. The zero-order chi connectivity index (χ0) is 24.5. The van der Waals surface area contributed by atoms with Gasteiger partial charge in [-0.2, -0.15) is 0 Å². The second-order valence-electron chi connectivity index (χ2n) is 8.07. The van der Waals surface area contributed by atoms with Crippen LogP contribution in [0.2, 0.25) is 0 Å². The monoisotopic (exact) mass is 474 g/mol. The maximum Gasteiger partial charge on any atom is 0.330 e. The van der Waals surface area contributed by atoms with Crippen LogP contribution in [0.15, 0.2) is 83.8 Å². The zero-order valence-corrected chi connectivity index (χ0v) is 20.8. The summed E-state index contributed by atoms with van der Waals surface area (Å²) in [6, 6.07) is 24.1. The minimum Gasteiger partial charge on any atom is -0.466 e. The summed E-state index contributed by atoms with van der Waals surface area (Å²) in [7, 11) is 1.34. The van der Waals surface area contributed by atoms with E-state index in [1.165, 1.54) is 18.1 Å². The van der Waals surface area contributed by atoms with E-state index >= 15 is 0 Å². The molecule has 0 aliphatic heterocycles. The molecule has 0 aliphatic carbocycles. The molecule has 6 heteroatoms. The second kappa shape index (κ2) is 12.1. The number of ether oxygens (including phenoxy) is 1. The molecule has 2 amide bonds. The molecular weight excluding hydrogens is 444 g/mol. The van der Waals surface area contributed by atoms with Gasteiger partial charge in [0, 0.05) is 22.7 Å². The van der Waals surface area contributed by atoms with Gasteiger partial charge < -0.3 is 10.1 Å². The second-order valence-corrected chi connectivity index (χ2v) is 8.95. The highest BCUT2D eigenvalue weighted by Gasteiger charge is 2.17. The Labute approximate surface area is 205 Å². The van der Waals surface area contributed by atoms with Gasteiger partial charge in [0.2, 0.25) is 0 Å². The number of methoxy groups -OCH3 is 1. The Bertz CT molecular complexity index is 1140. The van der Waals surface area contributed by atoms with Crippen LogP contribution in [-0.2, 0) is 16.1 Å². The number of nitrogens with one attached hydrogen (secondary N) is 1. The first-order valence-corrected chi connectivity index (χ1v) is 12.3. The molecule has 0 radical (unpaired) electrons. The number of esters is 1. The van der Waals surface area contributed by atoms with Crippen molar-refractivity contribution in [1.82, 2.24) is 5.32 Å². The smallest absolute Gasteiger partial charge is 0.330 e. The van der Waals surface area contributed by atoms with Crippen LogP contribution in [0.5, 0.6) is 0 Å². The Morgan fingerprint density at radius 1 is 1.00 bits per heavy atom. The Kier molecular flexibility index (Phi) is 8.93. The van der Waals surface area contributed by atoms with Crippen LogP contribution in [0.3, 0.4) is 0 Å². The number of hydrogen-bond acceptors (Lipinski definition) is 4. The van der Waals surface area contributed by atoms with Crippen LogP contribution in [-0.4, -0.2) is 31.4 Å². The van der Waals surface area contributed by atoms with Gasteiger partial charge in [-0.05, 0) is 72.7 Å². The first-order chi connectivity index (χ1) is 16.4. The van der Waals surface area contributed by atoms with Gasteiger partial charge in [0.1, 0.15) is 0 Å². The van der Waals surface area contributed by atoms with Crippen LogP contribution in [0, 0.1) is 0 Å². The third kappa shape index (κ3) is 6.99. The number of carbonyl (C=O) groups excluding carboxylic acids is 2. The summed E-state index contributed by atoms with van der Waals surface area (Å²) < 4.78 is 4.66. The van der Waals surface area contributed by atoms with Crippen LogP contribution in [0.4, 0.5) is 10.5 Å². The quantitative estimate of drug-likeness (QED) is 0.234. The molecule has 176 valence electrons. The van der Waals surface area contributed by atoms with Gasteiger partial charge in [0.15, 0.2) is 0 Å². The minimum atomic E-state index is -0.428. The first-order valence-electron chi connectivity index (χ1n) is 11.1. The standard InChI is InChI=1S/C28H30N2O3S/c1-20(2)29-28(32)30(25-7-5-6-21(18-25)10-17-27(31)33-3)19-22-8-11-23(12-9-22)24-13-15-26(34-4)16-14-24/h5-18,20H,19H2,1-4H3,(H,29,32)/b17-10+. The third-order valence-corrected chi connectivity index (χ3v) is 5.91. The lowest BCUT2D eigenvalue weighted by Crippen LogP contribution is -2.42. The van der Waals surface area contributed by atoms with Crippen molar-refractivity contribution in [3.8, 4) is 11.1 Å². The van der Waals surface area contributed by atoms with Crippen molar-refractivity contribution in [2.75, 3.05) is 18.3 Å². The van der Waals surface area contributed by atoms with Gasteiger partial charge in [-0.3, -0.25) is 4.90 Å². The zero-order valence-electron chi connectivity index (χ0n) is 19.9. The number of benzene rings is 3. The molecule has 3 aromatic carbocycles. The number of hydrogen-bond donors (Lipinski definition) is 1. The summed E-state index contributed by atoms with van der Waals surface area (Å²) in [5.41, 5.74) is 4.84. The van der Waals surface area contributed by atoms with E-state index in [4.69, 9.17) is 0 Å². The van der Waals surface area contributed by atoms with Crippen molar-refractivity contribution < 1.29 is 14.3 Å². The van der Waals surface area contributed by atoms with Crippen molar-refractivity contribution in [2.24, 2.45) is 0 Å². The van der Waals surface area contributed by atoms with Crippen molar-refractivity contribution in [3.63, 3.8) is 0 Å². The van der Waals surface area contributed by atoms with E-state index < -0.39 is 5.97 Å². The number of carbonyl (C=O) groups is 2. The lowest BCUT2D eigenvalue weighted by Gasteiger charge is -2.25. The average molecular weight is 475 g/mol. The van der Waals surface area contributed by atoms with Gasteiger partial charge in [0.25, 0.3) is 0 Å². The SMILES string of the molecule is COC(=O)/C=C/c1cccc(N(Cc2ccc(-c3ccc(SC)cc3)cc2)C(=O)NC(C)C)c1. The Morgan fingerprint density at radius 3 is 2.24 bits per heavy atom. The summed E-state index contributed by atoms with van der Waals surface area (Å²) in [5.74, 6) is -0.428. The summed E-state index contributed by atoms with van der Waals surface area (Å²) in [6.07, 6.45) is 5.10. The first kappa shape index (κ1) is 25.1. The van der Waals surface area contributed by atoms with E-state index in [0.717, 1.165) is 27.9 Å². The highest BCUT2D eigenvalue weighted by atomic mass is 32.2. The Balaban J connectivity index is 1.84. The number of thioether (sulfide) groups is 1. The van der Waals surface area contributed by atoms with E-state index in [1.807, 2.05) is 38.1 Å². The van der Waals surface area contributed by atoms with Crippen LogP contribution >= 0.6 is 11.8 Å².